The molecule has 2 unspecified atom stereocenters. The lowest BCUT2D eigenvalue weighted by Crippen LogP contribution is -2.40. The number of hydrogen-bond acceptors (Lipinski definition) is 3. The van der Waals surface area contributed by atoms with E-state index in [1.54, 1.807) is 0 Å². The first-order valence-electron chi connectivity index (χ1n) is 6.72. The molecule has 3 nitrogen and oxygen atoms in total. The zero-order valence-corrected chi connectivity index (χ0v) is 12.6. The Bertz CT molecular complexity index is 566. The predicted octanol–water partition coefficient (Wildman–Crippen LogP) is 2.80. The predicted molar refractivity (Wildman–Crippen MR) is 83.7 cm³/mol. The van der Waals surface area contributed by atoms with Gasteiger partial charge in [0.1, 0.15) is 6.04 Å². The lowest BCUT2D eigenvalue weighted by Gasteiger charge is -2.18. The first-order valence-corrected chi connectivity index (χ1v) is 7.59. The molecule has 0 saturated carbocycles. The van der Waals surface area contributed by atoms with Crippen LogP contribution in [0.15, 0.2) is 41.8 Å². The van der Waals surface area contributed by atoms with Crippen LogP contribution in [0.25, 0.3) is 0 Å². The summed E-state index contributed by atoms with van der Waals surface area (Å²) in [6.07, 6.45) is 0.815. The third kappa shape index (κ3) is 3.68. The number of carbonyl (C=O) groups excluding carboxylic acids is 1. The molecule has 4 heteroatoms. The first-order chi connectivity index (χ1) is 9.58. The SMILES string of the molecule is Cc1ccccc1CC(C)NC(=O)C(N)c1cccs1. The van der Waals surface area contributed by atoms with Crippen molar-refractivity contribution in [1.82, 2.24) is 5.32 Å². The van der Waals surface area contributed by atoms with Crippen molar-refractivity contribution in [3.8, 4) is 0 Å². The summed E-state index contributed by atoms with van der Waals surface area (Å²) in [7, 11) is 0. The molecular weight excluding hydrogens is 268 g/mol. The summed E-state index contributed by atoms with van der Waals surface area (Å²) in [5, 5.41) is 4.92. The number of aryl methyl sites for hydroxylation is 1. The maximum Gasteiger partial charge on any atom is 0.242 e. The summed E-state index contributed by atoms with van der Waals surface area (Å²) < 4.78 is 0. The lowest BCUT2D eigenvalue weighted by atomic mass is 10.0. The Morgan fingerprint density at radius 1 is 1.30 bits per heavy atom. The largest absolute Gasteiger partial charge is 0.352 e. The summed E-state index contributed by atoms with van der Waals surface area (Å²) >= 11 is 1.51. The molecule has 1 heterocycles. The van der Waals surface area contributed by atoms with E-state index >= 15 is 0 Å². The third-order valence-electron chi connectivity index (χ3n) is 3.31. The van der Waals surface area contributed by atoms with Crippen LogP contribution in [0.1, 0.15) is 29.0 Å². The van der Waals surface area contributed by atoms with Crippen molar-refractivity contribution in [1.29, 1.82) is 0 Å². The van der Waals surface area contributed by atoms with E-state index in [1.165, 1.54) is 22.5 Å². The quantitative estimate of drug-likeness (QED) is 0.889. The number of rotatable bonds is 5. The molecule has 20 heavy (non-hydrogen) atoms. The Hall–Kier alpha value is -1.65. The van der Waals surface area contributed by atoms with Crippen molar-refractivity contribution in [3.63, 3.8) is 0 Å². The monoisotopic (exact) mass is 288 g/mol. The molecule has 0 aliphatic heterocycles. The van der Waals surface area contributed by atoms with Crippen LogP contribution in [0, 0.1) is 6.92 Å². The Morgan fingerprint density at radius 3 is 2.70 bits per heavy atom. The van der Waals surface area contributed by atoms with Crippen molar-refractivity contribution in [2.45, 2.75) is 32.4 Å². The summed E-state index contributed by atoms with van der Waals surface area (Å²) in [6.45, 7) is 4.09. The van der Waals surface area contributed by atoms with Crippen LogP contribution >= 0.6 is 11.3 Å². The topological polar surface area (TPSA) is 55.1 Å². The van der Waals surface area contributed by atoms with E-state index in [0.29, 0.717) is 0 Å². The molecule has 0 aliphatic rings. The van der Waals surface area contributed by atoms with E-state index in [9.17, 15) is 4.79 Å². The maximum absolute atomic E-state index is 12.1. The van der Waals surface area contributed by atoms with Gasteiger partial charge in [-0.3, -0.25) is 4.79 Å². The second-order valence-corrected chi connectivity index (χ2v) is 6.01. The molecule has 0 aliphatic carbocycles. The van der Waals surface area contributed by atoms with Gasteiger partial charge >= 0.3 is 0 Å². The lowest BCUT2D eigenvalue weighted by molar-refractivity contribution is -0.123. The normalized spacial score (nSPS) is 13.8. The third-order valence-corrected chi connectivity index (χ3v) is 4.26. The number of amides is 1. The van der Waals surface area contributed by atoms with Crippen LogP contribution in [0.4, 0.5) is 0 Å². The van der Waals surface area contributed by atoms with E-state index in [0.717, 1.165) is 11.3 Å². The van der Waals surface area contributed by atoms with E-state index in [1.807, 2.05) is 36.6 Å². The fraction of sp³-hybridized carbons (Fsp3) is 0.312. The number of nitrogens with two attached hydrogens (primary N) is 1. The Kier molecular flexibility index (Phi) is 4.93. The highest BCUT2D eigenvalue weighted by Gasteiger charge is 2.18. The van der Waals surface area contributed by atoms with Crippen LogP contribution in [0.5, 0.6) is 0 Å². The maximum atomic E-state index is 12.1. The van der Waals surface area contributed by atoms with Crippen molar-refractivity contribution in [3.05, 3.63) is 57.8 Å². The molecule has 1 aromatic carbocycles. The molecule has 106 valence electrons. The number of carbonyl (C=O) groups is 1. The zero-order chi connectivity index (χ0) is 14.5. The number of hydrogen-bond donors (Lipinski definition) is 2. The van der Waals surface area contributed by atoms with E-state index in [4.69, 9.17) is 5.73 Å². The van der Waals surface area contributed by atoms with Crippen LogP contribution < -0.4 is 11.1 Å². The molecule has 0 saturated heterocycles. The first kappa shape index (κ1) is 14.8. The molecule has 2 atom stereocenters. The van der Waals surface area contributed by atoms with Gasteiger partial charge in [-0.25, -0.2) is 0 Å². The molecule has 3 N–H and O–H groups in total. The molecule has 2 aromatic rings. The minimum absolute atomic E-state index is 0.0645. The van der Waals surface area contributed by atoms with Gasteiger partial charge in [-0.05, 0) is 42.8 Å². The van der Waals surface area contributed by atoms with Crippen LogP contribution in [0.2, 0.25) is 0 Å². The van der Waals surface area contributed by atoms with Crippen molar-refractivity contribution in [2.75, 3.05) is 0 Å². The van der Waals surface area contributed by atoms with Gasteiger partial charge < -0.3 is 11.1 Å². The van der Waals surface area contributed by atoms with Crippen molar-refractivity contribution < 1.29 is 4.79 Å². The Morgan fingerprint density at radius 2 is 2.05 bits per heavy atom. The molecule has 2 rings (SSSR count). The Balaban J connectivity index is 1.93. The minimum atomic E-state index is -0.575. The van der Waals surface area contributed by atoms with Gasteiger partial charge in [-0.1, -0.05) is 30.3 Å². The van der Waals surface area contributed by atoms with Crippen LogP contribution in [0.3, 0.4) is 0 Å². The van der Waals surface area contributed by atoms with Crippen molar-refractivity contribution >= 4 is 17.2 Å². The van der Waals surface area contributed by atoms with Crippen LogP contribution in [-0.4, -0.2) is 11.9 Å². The fourth-order valence-electron chi connectivity index (χ4n) is 2.15. The fourth-order valence-corrected chi connectivity index (χ4v) is 2.88. The van der Waals surface area contributed by atoms with E-state index in [-0.39, 0.29) is 11.9 Å². The van der Waals surface area contributed by atoms with Gasteiger partial charge in [0.2, 0.25) is 5.91 Å². The van der Waals surface area contributed by atoms with Gasteiger partial charge in [0, 0.05) is 10.9 Å². The van der Waals surface area contributed by atoms with E-state index in [2.05, 4.69) is 24.4 Å². The second kappa shape index (κ2) is 6.68. The smallest absolute Gasteiger partial charge is 0.242 e. The number of thiophene rings is 1. The molecule has 1 aromatic heterocycles. The molecular formula is C16H20N2OS. The average Bonchev–Trinajstić information content (AvgIpc) is 2.94. The van der Waals surface area contributed by atoms with Gasteiger partial charge in [0.15, 0.2) is 0 Å². The van der Waals surface area contributed by atoms with Gasteiger partial charge in [0.05, 0.1) is 0 Å². The molecule has 0 fully saturated rings. The highest BCUT2D eigenvalue weighted by molar-refractivity contribution is 7.10. The van der Waals surface area contributed by atoms with Gasteiger partial charge in [-0.15, -0.1) is 11.3 Å². The average molecular weight is 288 g/mol. The molecule has 0 spiro atoms. The number of nitrogens with one attached hydrogen (secondary N) is 1. The highest BCUT2D eigenvalue weighted by atomic mass is 32.1. The zero-order valence-electron chi connectivity index (χ0n) is 11.8. The van der Waals surface area contributed by atoms with Gasteiger partial charge in [-0.2, -0.15) is 0 Å². The minimum Gasteiger partial charge on any atom is -0.352 e. The summed E-state index contributed by atoms with van der Waals surface area (Å²) in [4.78, 5) is 13.0. The summed E-state index contributed by atoms with van der Waals surface area (Å²) in [6, 6.07) is 11.5. The van der Waals surface area contributed by atoms with Gasteiger partial charge in [0.25, 0.3) is 0 Å². The molecule has 1 amide bonds. The number of benzene rings is 1. The molecule has 0 radical (unpaired) electrons. The van der Waals surface area contributed by atoms with E-state index < -0.39 is 6.04 Å². The van der Waals surface area contributed by atoms with Crippen molar-refractivity contribution in [2.24, 2.45) is 5.73 Å². The Labute approximate surface area is 123 Å². The highest BCUT2D eigenvalue weighted by Crippen LogP contribution is 2.17. The standard InChI is InChI=1S/C16H20N2OS/c1-11-6-3-4-7-13(11)10-12(2)18-16(19)15(17)14-8-5-9-20-14/h3-9,12,15H,10,17H2,1-2H3,(H,18,19). The van der Waals surface area contributed by atoms with Crippen LogP contribution in [-0.2, 0) is 11.2 Å². The summed E-state index contributed by atoms with van der Waals surface area (Å²) in [5.74, 6) is -0.117. The summed E-state index contributed by atoms with van der Waals surface area (Å²) in [5.41, 5.74) is 8.45. The molecule has 0 bridgehead atoms. The second-order valence-electron chi connectivity index (χ2n) is 5.03.